The third-order valence-electron chi connectivity index (χ3n) is 4.11. The Morgan fingerprint density at radius 3 is 2.34 bits per heavy atom. The zero-order chi connectivity index (χ0) is 22.7. The second kappa shape index (κ2) is 12.7. The van der Waals surface area contributed by atoms with Crippen LogP contribution in [0.1, 0.15) is 40.5 Å². The molecule has 0 spiro atoms. The molecule has 172 valence electrons. The lowest BCUT2D eigenvalue weighted by atomic mass is 9.96. The van der Waals surface area contributed by atoms with Gasteiger partial charge in [0.05, 0.1) is 12.1 Å². The predicted molar refractivity (Wildman–Crippen MR) is 115 cm³/mol. The molecule has 0 rings (SSSR count). The maximum Gasteiger partial charge on any atom is 0.401 e. The number of nitrogens with zero attached hydrogens (tertiary/aromatic N) is 3. The maximum absolute atomic E-state index is 12.4. The van der Waals surface area contributed by atoms with Crippen molar-refractivity contribution in [3.8, 4) is 0 Å². The van der Waals surface area contributed by atoms with Gasteiger partial charge in [0, 0.05) is 27.8 Å². The summed E-state index contributed by atoms with van der Waals surface area (Å²) in [7, 11) is 0.611. The number of hydrogen-bond donors (Lipinski definition) is 2. The lowest BCUT2D eigenvalue weighted by Gasteiger charge is -2.22. The van der Waals surface area contributed by atoms with Crippen LogP contribution in [0, 0.1) is 0 Å². The van der Waals surface area contributed by atoms with Gasteiger partial charge in [-0.2, -0.15) is 23.4 Å². The summed E-state index contributed by atoms with van der Waals surface area (Å²) in [5, 5.41) is 12.6. The summed E-state index contributed by atoms with van der Waals surface area (Å²) in [6.07, 6.45) is -0.957. The normalized spacial score (nSPS) is 15.2. The van der Waals surface area contributed by atoms with Gasteiger partial charge in [-0.25, -0.2) is 5.43 Å². The number of nitrogens with one attached hydrogen (secondary N) is 2. The molecule has 0 aromatic rings. The van der Waals surface area contributed by atoms with E-state index in [1.54, 1.807) is 14.0 Å². The molecule has 0 aliphatic carbocycles. The minimum Gasteiger partial charge on any atom is -0.358 e. The molecule has 2 N–H and O–H groups in total. The molecule has 6 nitrogen and oxygen atoms in total. The van der Waals surface area contributed by atoms with E-state index in [2.05, 4.69) is 40.7 Å². The Hall–Kier alpha value is -0.973. The molecule has 1 atom stereocenters. The fourth-order valence-electron chi connectivity index (χ4n) is 2.42. The number of hydrogen-bond acceptors (Lipinski definition) is 5. The van der Waals surface area contributed by atoms with Crippen molar-refractivity contribution < 1.29 is 17.9 Å². The van der Waals surface area contributed by atoms with Gasteiger partial charge in [-0.15, -0.1) is 0 Å². The van der Waals surface area contributed by atoms with Gasteiger partial charge in [-0.3, -0.25) is 0 Å². The van der Waals surface area contributed by atoms with Crippen LogP contribution in [0.15, 0.2) is 22.0 Å². The van der Waals surface area contributed by atoms with Crippen LogP contribution in [0.2, 0.25) is 25.7 Å². The molecule has 0 aromatic heterocycles. The van der Waals surface area contributed by atoms with Gasteiger partial charge in [0.15, 0.2) is 6.73 Å². The SMILES string of the molecule is CC/C(=C\C(C)(C)N=NN(COCC[Si](C)(C)C)NC)C[C@@H](C)NCC(F)(F)F. The molecule has 0 saturated carbocycles. The highest BCUT2D eigenvalue weighted by molar-refractivity contribution is 6.76. The van der Waals surface area contributed by atoms with Gasteiger partial charge in [0.25, 0.3) is 0 Å². The van der Waals surface area contributed by atoms with E-state index in [1.807, 2.05) is 26.8 Å². The van der Waals surface area contributed by atoms with Crippen LogP contribution in [0.25, 0.3) is 0 Å². The molecular formula is C19H40F3N5OSi. The Morgan fingerprint density at radius 1 is 1.24 bits per heavy atom. The van der Waals surface area contributed by atoms with Crippen molar-refractivity contribution in [2.45, 2.75) is 84.0 Å². The molecule has 0 aliphatic rings. The largest absolute Gasteiger partial charge is 0.401 e. The molecule has 0 heterocycles. The molecule has 0 saturated heterocycles. The van der Waals surface area contributed by atoms with Crippen molar-refractivity contribution in [3.05, 3.63) is 11.6 Å². The van der Waals surface area contributed by atoms with Crippen LogP contribution >= 0.6 is 0 Å². The number of alkyl halides is 3. The first-order valence-electron chi connectivity index (χ1n) is 10.1. The fourth-order valence-corrected chi connectivity index (χ4v) is 3.18. The molecule has 0 aromatic carbocycles. The standard InChI is InChI=1S/C19H40F3N5OSi/c1-9-17(12-16(2)24-14-19(20,21)22)13-18(3,4)25-26-27(23-5)15-28-10-11-29(6,7)8/h13,16,23-24H,9-12,14-15H2,1-8H3/b17-13+,26-25?/t16-/m1/s1. The number of hydrazine groups is 1. The molecule has 0 bridgehead atoms. The van der Waals surface area contributed by atoms with E-state index in [0.29, 0.717) is 19.8 Å². The van der Waals surface area contributed by atoms with E-state index in [4.69, 9.17) is 4.74 Å². The lowest BCUT2D eigenvalue weighted by molar-refractivity contribution is -0.126. The number of ether oxygens (including phenoxy) is 1. The van der Waals surface area contributed by atoms with Crippen molar-refractivity contribution >= 4 is 8.07 Å². The molecule has 0 fully saturated rings. The van der Waals surface area contributed by atoms with E-state index in [9.17, 15) is 13.2 Å². The van der Waals surface area contributed by atoms with Crippen molar-refractivity contribution in [1.82, 2.24) is 15.9 Å². The van der Waals surface area contributed by atoms with E-state index in [0.717, 1.165) is 18.0 Å². The Labute approximate surface area is 175 Å². The zero-order valence-corrected chi connectivity index (χ0v) is 20.3. The minimum absolute atomic E-state index is 0.274. The van der Waals surface area contributed by atoms with Gasteiger partial charge in [-0.1, -0.05) is 43.4 Å². The Kier molecular flexibility index (Phi) is 12.2. The van der Waals surface area contributed by atoms with Gasteiger partial charge in [-0.05, 0) is 39.7 Å². The first-order valence-corrected chi connectivity index (χ1v) is 13.8. The average Bonchev–Trinajstić information content (AvgIpc) is 2.57. The fraction of sp³-hybridized carbons (Fsp3) is 0.895. The van der Waals surface area contributed by atoms with Crippen molar-refractivity contribution in [3.63, 3.8) is 0 Å². The van der Waals surface area contributed by atoms with E-state index >= 15 is 0 Å². The monoisotopic (exact) mass is 439 g/mol. The van der Waals surface area contributed by atoms with Gasteiger partial charge < -0.3 is 10.1 Å². The van der Waals surface area contributed by atoms with Crippen LogP contribution in [0.3, 0.4) is 0 Å². The highest BCUT2D eigenvalue weighted by Gasteiger charge is 2.27. The summed E-state index contributed by atoms with van der Waals surface area (Å²) in [5.41, 5.74) is 3.38. The third-order valence-corrected chi connectivity index (χ3v) is 5.81. The molecule has 10 heteroatoms. The van der Waals surface area contributed by atoms with Gasteiger partial charge in [0.1, 0.15) is 0 Å². The Bertz CT molecular complexity index is 519. The molecule has 29 heavy (non-hydrogen) atoms. The third kappa shape index (κ3) is 16.5. The zero-order valence-electron chi connectivity index (χ0n) is 19.3. The Balaban J connectivity index is 4.74. The molecular weight excluding hydrogens is 399 g/mol. The lowest BCUT2D eigenvalue weighted by Crippen LogP contribution is -2.35. The quantitative estimate of drug-likeness (QED) is 0.0981. The smallest absolute Gasteiger partial charge is 0.358 e. The number of rotatable bonds is 14. The summed E-state index contributed by atoms with van der Waals surface area (Å²) in [6, 6.07) is 0.806. The molecule has 0 amide bonds. The topological polar surface area (TPSA) is 61.2 Å². The summed E-state index contributed by atoms with van der Waals surface area (Å²) in [4.78, 5) is 0. The summed E-state index contributed by atoms with van der Waals surface area (Å²) in [6.45, 7) is 14.5. The molecule has 0 aliphatic heterocycles. The second-order valence-electron chi connectivity index (χ2n) is 9.07. The second-order valence-corrected chi connectivity index (χ2v) is 14.7. The predicted octanol–water partition coefficient (Wildman–Crippen LogP) is 5.15. The van der Waals surface area contributed by atoms with E-state index in [-0.39, 0.29) is 6.04 Å². The number of halogens is 3. The van der Waals surface area contributed by atoms with Crippen LogP contribution in [-0.4, -0.2) is 57.9 Å². The van der Waals surface area contributed by atoms with Crippen molar-refractivity contribution in [1.29, 1.82) is 0 Å². The first kappa shape index (κ1) is 28.0. The highest BCUT2D eigenvalue weighted by Crippen LogP contribution is 2.20. The van der Waals surface area contributed by atoms with Crippen molar-refractivity contribution in [2.24, 2.45) is 10.3 Å². The van der Waals surface area contributed by atoms with Crippen molar-refractivity contribution in [2.75, 3.05) is 26.9 Å². The Morgan fingerprint density at radius 2 is 1.86 bits per heavy atom. The van der Waals surface area contributed by atoms with Crippen LogP contribution in [-0.2, 0) is 4.74 Å². The van der Waals surface area contributed by atoms with Crippen LogP contribution < -0.4 is 10.7 Å². The van der Waals surface area contributed by atoms with Crippen LogP contribution in [0.5, 0.6) is 0 Å². The minimum atomic E-state index is -4.20. The summed E-state index contributed by atoms with van der Waals surface area (Å²) in [5.74, 6) is 0. The van der Waals surface area contributed by atoms with Gasteiger partial charge in [0.2, 0.25) is 0 Å². The molecule has 0 radical (unpaired) electrons. The van der Waals surface area contributed by atoms with E-state index < -0.39 is 26.3 Å². The van der Waals surface area contributed by atoms with Gasteiger partial charge >= 0.3 is 6.18 Å². The first-order chi connectivity index (χ1) is 13.2. The summed E-state index contributed by atoms with van der Waals surface area (Å²) >= 11 is 0. The van der Waals surface area contributed by atoms with Crippen LogP contribution in [0.4, 0.5) is 13.2 Å². The summed E-state index contributed by atoms with van der Waals surface area (Å²) < 4.78 is 42.8. The van der Waals surface area contributed by atoms with E-state index in [1.165, 1.54) is 5.12 Å². The highest BCUT2D eigenvalue weighted by atomic mass is 28.3. The maximum atomic E-state index is 12.4. The average molecular weight is 440 g/mol. The molecule has 0 unspecified atom stereocenters.